The Bertz CT molecular complexity index is 835. The molecule has 0 fully saturated rings. The standard InChI is InChI=1S/C21H22N4O2/c1-3-4-12-21(24-25-21)13-11-20(26)23-16(2)17-7-9-18(10-8-17)27-19-6-5-14-22-15-19/h1,5-10,14-16H,4,11-13H2,2H3,(H,23,26). The van der Waals surface area contributed by atoms with Crippen molar-refractivity contribution in [2.45, 2.75) is 44.3 Å². The Kier molecular flexibility index (Phi) is 5.82. The van der Waals surface area contributed by atoms with Crippen LogP contribution in [0, 0.1) is 12.3 Å². The molecule has 6 nitrogen and oxygen atoms in total. The number of pyridine rings is 1. The molecule has 1 aliphatic heterocycles. The van der Waals surface area contributed by atoms with Gasteiger partial charge in [0.15, 0.2) is 5.66 Å². The molecule has 6 heteroatoms. The molecular weight excluding hydrogens is 340 g/mol. The molecule has 1 N–H and O–H groups in total. The van der Waals surface area contributed by atoms with E-state index in [9.17, 15) is 4.79 Å². The number of amides is 1. The third-order valence-corrected chi connectivity index (χ3v) is 4.43. The van der Waals surface area contributed by atoms with Gasteiger partial charge in [-0.05, 0) is 36.8 Å². The van der Waals surface area contributed by atoms with Crippen molar-refractivity contribution in [2.24, 2.45) is 10.2 Å². The maximum absolute atomic E-state index is 12.2. The number of aromatic nitrogens is 1. The van der Waals surface area contributed by atoms with E-state index in [1.54, 1.807) is 12.4 Å². The Morgan fingerprint density at radius 1 is 1.22 bits per heavy atom. The molecule has 0 bridgehead atoms. The highest BCUT2D eigenvalue weighted by Crippen LogP contribution is 2.37. The first-order chi connectivity index (χ1) is 13.1. The van der Waals surface area contributed by atoms with Crippen molar-refractivity contribution < 1.29 is 9.53 Å². The molecule has 1 amide bonds. The van der Waals surface area contributed by atoms with Crippen molar-refractivity contribution >= 4 is 5.91 Å². The van der Waals surface area contributed by atoms with Crippen molar-refractivity contribution in [1.29, 1.82) is 0 Å². The van der Waals surface area contributed by atoms with Crippen LogP contribution in [0.25, 0.3) is 0 Å². The number of carbonyl (C=O) groups excluding carboxylic acids is 1. The van der Waals surface area contributed by atoms with Crippen molar-refractivity contribution in [2.75, 3.05) is 0 Å². The monoisotopic (exact) mass is 362 g/mol. The van der Waals surface area contributed by atoms with E-state index in [0.717, 1.165) is 11.3 Å². The summed E-state index contributed by atoms with van der Waals surface area (Å²) in [5, 5.41) is 11.1. The Balaban J connectivity index is 1.47. The van der Waals surface area contributed by atoms with Crippen LogP contribution in [-0.2, 0) is 4.79 Å². The second kappa shape index (κ2) is 8.45. The fourth-order valence-corrected chi connectivity index (χ4v) is 2.75. The van der Waals surface area contributed by atoms with Gasteiger partial charge in [0, 0.05) is 31.9 Å². The largest absolute Gasteiger partial charge is 0.456 e. The van der Waals surface area contributed by atoms with Crippen LogP contribution in [0.5, 0.6) is 11.5 Å². The zero-order chi connectivity index (χ0) is 19.1. The first-order valence-electron chi connectivity index (χ1n) is 8.95. The first-order valence-corrected chi connectivity index (χ1v) is 8.95. The van der Waals surface area contributed by atoms with Crippen LogP contribution >= 0.6 is 0 Å². The number of ether oxygens (including phenoxy) is 1. The van der Waals surface area contributed by atoms with E-state index >= 15 is 0 Å². The number of terminal acetylenes is 1. The van der Waals surface area contributed by atoms with E-state index < -0.39 is 5.66 Å². The summed E-state index contributed by atoms with van der Waals surface area (Å²) in [6, 6.07) is 11.2. The number of rotatable bonds is 9. The molecule has 3 rings (SSSR count). The van der Waals surface area contributed by atoms with Crippen molar-refractivity contribution in [3.63, 3.8) is 0 Å². The molecule has 1 unspecified atom stereocenters. The van der Waals surface area contributed by atoms with E-state index in [-0.39, 0.29) is 11.9 Å². The molecule has 0 radical (unpaired) electrons. The maximum atomic E-state index is 12.2. The summed E-state index contributed by atoms with van der Waals surface area (Å²) in [4.78, 5) is 16.2. The highest BCUT2D eigenvalue weighted by atomic mass is 16.5. The third-order valence-electron chi connectivity index (χ3n) is 4.43. The van der Waals surface area contributed by atoms with Gasteiger partial charge in [0.2, 0.25) is 5.91 Å². The molecule has 0 saturated carbocycles. The minimum atomic E-state index is -0.418. The summed E-state index contributed by atoms with van der Waals surface area (Å²) in [5.74, 6) is 3.97. The summed E-state index contributed by atoms with van der Waals surface area (Å²) >= 11 is 0. The predicted octanol–water partition coefficient (Wildman–Crippen LogP) is 4.41. The quantitative estimate of drug-likeness (QED) is 0.672. The minimum Gasteiger partial charge on any atom is -0.456 e. The van der Waals surface area contributed by atoms with Crippen LogP contribution in [0.15, 0.2) is 59.0 Å². The highest BCUT2D eigenvalue weighted by Gasteiger charge is 2.39. The fraction of sp³-hybridized carbons (Fsp3) is 0.333. The summed E-state index contributed by atoms with van der Waals surface area (Å²) in [5.41, 5.74) is 0.586. The third kappa shape index (κ3) is 5.38. The smallest absolute Gasteiger partial charge is 0.220 e. The second-order valence-corrected chi connectivity index (χ2v) is 6.54. The van der Waals surface area contributed by atoms with Gasteiger partial charge in [0.1, 0.15) is 11.5 Å². The molecule has 2 heterocycles. The van der Waals surface area contributed by atoms with Gasteiger partial charge in [-0.3, -0.25) is 9.78 Å². The maximum Gasteiger partial charge on any atom is 0.220 e. The lowest BCUT2D eigenvalue weighted by molar-refractivity contribution is -0.122. The van der Waals surface area contributed by atoms with Crippen molar-refractivity contribution in [3.8, 4) is 23.8 Å². The van der Waals surface area contributed by atoms with Gasteiger partial charge in [0.25, 0.3) is 0 Å². The summed E-state index contributed by atoms with van der Waals surface area (Å²) in [6.45, 7) is 1.95. The van der Waals surface area contributed by atoms with Gasteiger partial charge in [-0.15, -0.1) is 12.3 Å². The normalized spacial score (nSPS) is 14.8. The Labute approximate surface area is 159 Å². The van der Waals surface area contributed by atoms with Gasteiger partial charge < -0.3 is 10.1 Å². The molecule has 1 aliphatic rings. The Morgan fingerprint density at radius 3 is 2.63 bits per heavy atom. The lowest BCUT2D eigenvalue weighted by Gasteiger charge is -2.16. The second-order valence-electron chi connectivity index (χ2n) is 6.54. The molecule has 1 atom stereocenters. The van der Waals surface area contributed by atoms with E-state index in [2.05, 4.69) is 26.4 Å². The predicted molar refractivity (Wildman–Crippen MR) is 102 cm³/mol. The minimum absolute atomic E-state index is 0.0180. The van der Waals surface area contributed by atoms with Crippen LogP contribution in [-0.4, -0.2) is 16.6 Å². The number of carbonyl (C=O) groups is 1. The number of hydrogen-bond donors (Lipinski definition) is 1. The molecule has 1 aromatic heterocycles. The van der Waals surface area contributed by atoms with Gasteiger partial charge in [-0.2, -0.15) is 10.2 Å². The molecule has 138 valence electrons. The molecule has 2 aromatic rings. The average Bonchev–Trinajstić information content (AvgIpc) is 3.46. The summed E-state index contributed by atoms with van der Waals surface area (Å²) in [7, 11) is 0. The molecule has 0 saturated heterocycles. The molecule has 27 heavy (non-hydrogen) atoms. The van der Waals surface area contributed by atoms with Crippen LogP contribution in [0.3, 0.4) is 0 Å². The van der Waals surface area contributed by atoms with E-state index in [1.807, 2.05) is 43.3 Å². The molecule has 0 spiro atoms. The van der Waals surface area contributed by atoms with Gasteiger partial charge in [-0.25, -0.2) is 0 Å². The molecule has 1 aromatic carbocycles. The molecule has 0 aliphatic carbocycles. The van der Waals surface area contributed by atoms with E-state index in [1.165, 1.54) is 0 Å². The van der Waals surface area contributed by atoms with Crippen molar-refractivity contribution in [3.05, 3.63) is 54.4 Å². The highest BCUT2D eigenvalue weighted by molar-refractivity contribution is 5.76. The van der Waals surface area contributed by atoms with Gasteiger partial charge in [-0.1, -0.05) is 12.1 Å². The van der Waals surface area contributed by atoms with Crippen LogP contribution in [0.4, 0.5) is 0 Å². The number of hydrogen-bond acceptors (Lipinski definition) is 5. The lowest BCUT2D eigenvalue weighted by atomic mass is 10.0. The SMILES string of the molecule is C#CCCC1(CCC(=O)NC(C)c2ccc(Oc3cccnc3)cc2)N=N1. The lowest BCUT2D eigenvalue weighted by Crippen LogP contribution is -2.27. The topological polar surface area (TPSA) is 75.9 Å². The van der Waals surface area contributed by atoms with Crippen LogP contribution in [0.1, 0.15) is 44.2 Å². The van der Waals surface area contributed by atoms with Gasteiger partial charge in [0.05, 0.1) is 12.2 Å². The van der Waals surface area contributed by atoms with Crippen molar-refractivity contribution in [1.82, 2.24) is 10.3 Å². The number of nitrogens with zero attached hydrogens (tertiary/aromatic N) is 3. The van der Waals surface area contributed by atoms with Crippen LogP contribution < -0.4 is 10.1 Å². The summed E-state index contributed by atoms with van der Waals surface area (Å²) in [6.07, 6.45) is 11.0. The molecular formula is C21H22N4O2. The number of nitrogens with one attached hydrogen (secondary N) is 1. The van der Waals surface area contributed by atoms with Crippen LogP contribution in [0.2, 0.25) is 0 Å². The first kappa shape index (κ1) is 18.6. The van der Waals surface area contributed by atoms with E-state index in [0.29, 0.717) is 31.4 Å². The fourth-order valence-electron chi connectivity index (χ4n) is 2.75. The Morgan fingerprint density at radius 2 is 2.00 bits per heavy atom. The zero-order valence-corrected chi connectivity index (χ0v) is 15.3. The van der Waals surface area contributed by atoms with Gasteiger partial charge >= 0.3 is 0 Å². The summed E-state index contributed by atoms with van der Waals surface area (Å²) < 4.78 is 5.72. The number of benzene rings is 1. The Hall–Kier alpha value is -3.20. The van der Waals surface area contributed by atoms with E-state index in [4.69, 9.17) is 11.2 Å². The average molecular weight is 362 g/mol. The zero-order valence-electron chi connectivity index (χ0n) is 15.3.